The third-order valence-corrected chi connectivity index (χ3v) is 11.1. The fraction of sp³-hybridized carbons (Fsp3) is 0.714. The number of hydrogen-bond donors (Lipinski definition) is 0. The molecule has 0 spiro atoms. The second kappa shape index (κ2) is 4.98. The van der Waals surface area contributed by atoms with E-state index in [0.29, 0.717) is 32.5 Å². The lowest BCUT2D eigenvalue weighted by Crippen LogP contribution is -2.67. The Morgan fingerprint density at radius 2 is 0.857 bits per heavy atom. The molecule has 8 fully saturated rings. The molecule has 28 heavy (non-hydrogen) atoms. The summed E-state index contributed by atoms with van der Waals surface area (Å²) >= 11 is 0. The lowest BCUT2D eigenvalue weighted by atomic mass is 9.27. The summed E-state index contributed by atoms with van der Waals surface area (Å²) in [5.41, 5.74) is 2.36. The molecular weight excluding hydrogens is 336 g/mol. The van der Waals surface area contributed by atoms with Crippen LogP contribution in [0.4, 0.5) is 0 Å². The second-order valence-corrected chi connectivity index (χ2v) is 12.8. The Labute approximate surface area is 172 Å². The highest BCUT2D eigenvalue weighted by Gasteiger charge is 2.73. The Morgan fingerprint density at radius 3 is 1.25 bits per heavy atom. The van der Waals surface area contributed by atoms with Gasteiger partial charge in [-0.2, -0.15) is 0 Å². The highest BCUT2D eigenvalue weighted by molar-refractivity contribution is 5.31. The lowest BCUT2D eigenvalue weighted by molar-refractivity contribution is -0.249. The molecule has 150 valence electrons. The average Bonchev–Trinajstić information content (AvgIpc) is 2.66. The van der Waals surface area contributed by atoms with Crippen LogP contribution < -0.4 is 0 Å². The molecule has 0 aliphatic heterocycles. The van der Waals surface area contributed by atoms with Gasteiger partial charge in [0.05, 0.1) is 0 Å². The molecule has 0 nitrogen and oxygen atoms in total. The van der Waals surface area contributed by atoms with E-state index in [0.717, 1.165) is 11.8 Å². The van der Waals surface area contributed by atoms with E-state index >= 15 is 0 Å². The summed E-state index contributed by atoms with van der Waals surface area (Å²) in [5.74, 6) is 1.90. The number of rotatable bonds is 5. The molecule has 8 aliphatic carbocycles. The largest absolute Gasteiger partial charge is 0.103 e. The van der Waals surface area contributed by atoms with Crippen molar-refractivity contribution < 1.29 is 0 Å². The van der Waals surface area contributed by atoms with E-state index < -0.39 is 0 Å². The third kappa shape index (κ3) is 1.94. The summed E-state index contributed by atoms with van der Waals surface area (Å²) < 4.78 is 0. The molecule has 0 aromatic rings. The first-order valence-corrected chi connectivity index (χ1v) is 11.9. The fourth-order valence-electron chi connectivity index (χ4n) is 11.3. The molecule has 0 amide bonds. The van der Waals surface area contributed by atoms with E-state index in [9.17, 15) is 0 Å². The highest BCUT2D eigenvalue weighted by Crippen LogP contribution is 2.83. The molecule has 0 saturated heterocycles. The minimum absolute atomic E-state index is 0.307. The maximum atomic E-state index is 4.40. The van der Waals surface area contributed by atoms with Gasteiger partial charge in [0.1, 0.15) is 0 Å². The van der Waals surface area contributed by atoms with Gasteiger partial charge in [0.25, 0.3) is 0 Å². The fourth-order valence-corrected chi connectivity index (χ4v) is 11.3. The molecule has 8 saturated carbocycles. The van der Waals surface area contributed by atoms with E-state index in [4.69, 9.17) is 0 Å². The summed E-state index contributed by atoms with van der Waals surface area (Å²) in [7, 11) is 0. The van der Waals surface area contributed by atoms with Crippen LogP contribution in [-0.2, 0) is 0 Å². The maximum absolute atomic E-state index is 4.40. The monoisotopic (exact) mass is 374 g/mol. The maximum Gasteiger partial charge on any atom is -0.00989 e. The predicted molar refractivity (Wildman–Crippen MR) is 118 cm³/mol. The minimum atomic E-state index is 0.307. The van der Waals surface area contributed by atoms with Crippen molar-refractivity contribution in [1.29, 1.82) is 0 Å². The second-order valence-electron chi connectivity index (χ2n) is 12.8. The van der Waals surface area contributed by atoms with Crippen LogP contribution in [0.3, 0.4) is 0 Å². The van der Waals surface area contributed by atoms with Crippen LogP contribution in [0.5, 0.6) is 0 Å². The van der Waals surface area contributed by atoms with Gasteiger partial charge in [-0.15, -0.1) is 26.3 Å². The average molecular weight is 375 g/mol. The van der Waals surface area contributed by atoms with E-state index in [-0.39, 0.29) is 0 Å². The van der Waals surface area contributed by atoms with E-state index in [2.05, 4.69) is 50.6 Å². The molecule has 0 radical (unpaired) electrons. The predicted octanol–water partition coefficient (Wildman–Crippen LogP) is 7.64. The van der Waals surface area contributed by atoms with Gasteiger partial charge >= 0.3 is 0 Å². The van der Waals surface area contributed by atoms with Gasteiger partial charge in [-0.05, 0) is 121 Å². The van der Waals surface area contributed by atoms with Crippen molar-refractivity contribution in [2.45, 2.75) is 77.0 Å². The van der Waals surface area contributed by atoms with E-state index in [1.54, 1.807) is 0 Å². The van der Waals surface area contributed by atoms with Crippen LogP contribution in [-0.4, -0.2) is 0 Å². The topological polar surface area (TPSA) is 0 Å². The van der Waals surface area contributed by atoms with Crippen molar-refractivity contribution >= 4 is 0 Å². The van der Waals surface area contributed by atoms with Gasteiger partial charge in [-0.3, -0.25) is 0 Å². The van der Waals surface area contributed by atoms with Crippen molar-refractivity contribution in [3.8, 4) is 0 Å². The van der Waals surface area contributed by atoms with Gasteiger partial charge in [0.15, 0.2) is 0 Å². The van der Waals surface area contributed by atoms with Gasteiger partial charge in [-0.1, -0.05) is 24.3 Å². The molecule has 0 heterocycles. The van der Waals surface area contributed by atoms with E-state index in [1.807, 2.05) is 0 Å². The van der Waals surface area contributed by atoms with Gasteiger partial charge in [0, 0.05) is 0 Å². The van der Waals surface area contributed by atoms with Crippen LogP contribution in [0.2, 0.25) is 0 Å². The van der Waals surface area contributed by atoms with Gasteiger partial charge < -0.3 is 0 Å². The van der Waals surface area contributed by atoms with Crippen molar-refractivity contribution in [2.75, 3.05) is 0 Å². The molecule has 0 aromatic heterocycles. The number of hydrogen-bond acceptors (Lipinski definition) is 0. The van der Waals surface area contributed by atoms with Crippen LogP contribution in [0.25, 0.3) is 0 Å². The quantitative estimate of drug-likeness (QED) is 0.434. The van der Waals surface area contributed by atoms with E-state index in [1.165, 1.54) is 77.0 Å². The highest BCUT2D eigenvalue weighted by atomic mass is 14.8. The van der Waals surface area contributed by atoms with Gasteiger partial charge in [-0.25, -0.2) is 0 Å². The first-order chi connectivity index (χ1) is 13.3. The Kier molecular flexibility index (Phi) is 3.17. The minimum Gasteiger partial charge on any atom is -0.103 e. The Balaban J connectivity index is 1.53. The molecule has 2 atom stereocenters. The Bertz CT molecular complexity index is 698. The smallest absolute Gasteiger partial charge is 0.00989 e. The Morgan fingerprint density at radius 1 is 0.464 bits per heavy atom. The first kappa shape index (κ1) is 17.8. The molecule has 8 bridgehead atoms. The standard InChI is InChI=1S/C28H38/c1-5-23-10-21-9-22(11-23)13-27(12-21,17-23)28-18-24(6-2)14-25(7-3,19-28)16-26(8-4,15-24)20-28/h5-8,21-22H,1-4,9-20H2. The normalized spacial score (nSPS) is 60.6. The van der Waals surface area contributed by atoms with Crippen LogP contribution in [0, 0.1) is 44.3 Å². The first-order valence-electron chi connectivity index (χ1n) is 11.9. The summed E-state index contributed by atoms with van der Waals surface area (Å²) in [4.78, 5) is 0. The molecule has 0 aromatic carbocycles. The Hall–Kier alpha value is -1.04. The third-order valence-electron chi connectivity index (χ3n) is 11.1. The number of allylic oxidation sites excluding steroid dienone is 4. The molecular formula is C28H38. The zero-order chi connectivity index (χ0) is 19.5. The van der Waals surface area contributed by atoms with Crippen LogP contribution in [0.1, 0.15) is 77.0 Å². The van der Waals surface area contributed by atoms with Crippen molar-refractivity contribution in [1.82, 2.24) is 0 Å². The summed E-state index contributed by atoms with van der Waals surface area (Å²) in [6.45, 7) is 17.6. The van der Waals surface area contributed by atoms with Crippen molar-refractivity contribution in [3.05, 3.63) is 50.6 Å². The van der Waals surface area contributed by atoms with Crippen molar-refractivity contribution in [3.63, 3.8) is 0 Å². The molecule has 8 aliphatic rings. The van der Waals surface area contributed by atoms with Gasteiger partial charge in [0.2, 0.25) is 0 Å². The lowest BCUT2D eigenvalue weighted by Gasteiger charge is -2.77. The van der Waals surface area contributed by atoms with Crippen LogP contribution >= 0.6 is 0 Å². The summed E-state index contributed by atoms with van der Waals surface area (Å²) in [6.07, 6.45) is 26.3. The molecule has 8 rings (SSSR count). The molecule has 2 unspecified atom stereocenters. The zero-order valence-corrected chi connectivity index (χ0v) is 17.8. The van der Waals surface area contributed by atoms with Crippen molar-refractivity contribution in [2.24, 2.45) is 44.3 Å². The SMILES string of the molecule is C=CC12CC3CC(C1)CC(C14CC5(C=C)CC(C=C)(CC(C=C)(C5)C1)C4)(C3)C2. The van der Waals surface area contributed by atoms with Crippen LogP contribution in [0.15, 0.2) is 50.6 Å². The summed E-state index contributed by atoms with van der Waals surface area (Å²) in [6, 6.07) is 0. The zero-order valence-electron chi connectivity index (χ0n) is 17.8. The molecule has 0 heteroatoms. The summed E-state index contributed by atoms with van der Waals surface area (Å²) in [5, 5.41) is 0. The molecule has 0 N–H and O–H groups in total.